The highest BCUT2D eigenvalue weighted by Gasteiger charge is 2.35. The van der Waals surface area contributed by atoms with Crippen molar-refractivity contribution in [2.24, 2.45) is 0 Å². The van der Waals surface area contributed by atoms with Crippen LogP contribution < -0.4 is 13.8 Å². The van der Waals surface area contributed by atoms with Crippen LogP contribution in [0, 0.1) is 0 Å². The number of hydrogen-bond donors (Lipinski definition) is 0. The molecule has 2 aromatic heterocycles. The molecular weight excluding hydrogens is 308 g/mol. The lowest BCUT2D eigenvalue weighted by molar-refractivity contribution is 0.224. The van der Waals surface area contributed by atoms with Gasteiger partial charge in [0.2, 0.25) is 5.88 Å². The SMILES string of the molecule is O=S(=O)(c1cnn2c1OCCC2)N1CCOc2ccncc21. The molecule has 0 aliphatic carbocycles. The highest BCUT2D eigenvalue weighted by Crippen LogP contribution is 2.37. The molecule has 116 valence electrons. The summed E-state index contributed by atoms with van der Waals surface area (Å²) < 4.78 is 39.9. The Kier molecular flexibility index (Phi) is 2.96. The second-order valence-electron chi connectivity index (χ2n) is 5.01. The number of sulfonamides is 1. The second kappa shape index (κ2) is 4.87. The Morgan fingerprint density at radius 2 is 2.05 bits per heavy atom. The van der Waals surface area contributed by atoms with E-state index in [1.54, 1.807) is 16.9 Å². The van der Waals surface area contributed by atoms with E-state index in [4.69, 9.17) is 9.47 Å². The first-order chi connectivity index (χ1) is 10.7. The number of ether oxygens (including phenoxy) is 2. The molecule has 8 nitrogen and oxygen atoms in total. The van der Waals surface area contributed by atoms with E-state index in [1.165, 1.54) is 16.7 Å². The Hall–Kier alpha value is -2.29. The van der Waals surface area contributed by atoms with Crippen molar-refractivity contribution in [1.29, 1.82) is 0 Å². The second-order valence-corrected chi connectivity index (χ2v) is 6.84. The van der Waals surface area contributed by atoms with Crippen LogP contribution >= 0.6 is 0 Å². The standard InChI is InChI=1S/C13H14N4O4S/c18-22(19,12-9-15-16-4-1-6-21-13(12)16)17-5-7-20-11-2-3-14-8-10(11)17/h2-3,8-9H,1,4-7H2. The fourth-order valence-corrected chi connectivity index (χ4v) is 4.15. The molecule has 0 bridgehead atoms. The fraction of sp³-hybridized carbons (Fsp3) is 0.385. The van der Waals surface area contributed by atoms with Gasteiger partial charge >= 0.3 is 0 Å². The molecule has 2 aliphatic rings. The van der Waals surface area contributed by atoms with Gasteiger partial charge in [0.25, 0.3) is 10.0 Å². The number of aryl methyl sites for hydroxylation is 1. The predicted octanol–water partition coefficient (Wildman–Crippen LogP) is 0.648. The molecule has 0 saturated carbocycles. The van der Waals surface area contributed by atoms with E-state index in [0.29, 0.717) is 37.1 Å². The van der Waals surface area contributed by atoms with Crippen LogP contribution in [-0.2, 0) is 16.6 Å². The van der Waals surface area contributed by atoms with Gasteiger partial charge in [0.05, 0.1) is 25.5 Å². The average molecular weight is 322 g/mol. The molecular formula is C13H14N4O4S. The summed E-state index contributed by atoms with van der Waals surface area (Å²) in [4.78, 5) is 4.08. The first kappa shape index (κ1) is 13.4. The van der Waals surface area contributed by atoms with Crippen molar-refractivity contribution in [1.82, 2.24) is 14.8 Å². The van der Waals surface area contributed by atoms with Gasteiger partial charge < -0.3 is 9.47 Å². The Balaban J connectivity index is 1.81. The molecule has 9 heteroatoms. The molecule has 0 saturated heterocycles. The van der Waals surface area contributed by atoms with Crippen LogP contribution in [0.1, 0.15) is 6.42 Å². The minimum atomic E-state index is -3.77. The number of rotatable bonds is 2. The summed E-state index contributed by atoms with van der Waals surface area (Å²) in [6.45, 7) is 1.67. The molecule has 0 atom stereocenters. The van der Waals surface area contributed by atoms with E-state index in [0.717, 1.165) is 6.42 Å². The predicted molar refractivity (Wildman–Crippen MR) is 76.6 cm³/mol. The van der Waals surface area contributed by atoms with Crippen LogP contribution in [0.3, 0.4) is 0 Å². The van der Waals surface area contributed by atoms with Gasteiger partial charge in [-0.2, -0.15) is 5.10 Å². The number of anilines is 1. The van der Waals surface area contributed by atoms with Crippen molar-refractivity contribution in [3.63, 3.8) is 0 Å². The Morgan fingerprint density at radius 1 is 1.14 bits per heavy atom. The maximum atomic E-state index is 13.0. The first-order valence-electron chi connectivity index (χ1n) is 6.96. The van der Waals surface area contributed by atoms with Crippen LogP contribution in [-0.4, -0.2) is 42.9 Å². The number of fused-ring (bicyclic) bond motifs is 2. The smallest absolute Gasteiger partial charge is 0.271 e. The Bertz CT molecular complexity index is 817. The maximum absolute atomic E-state index is 13.0. The minimum absolute atomic E-state index is 0.0869. The van der Waals surface area contributed by atoms with E-state index >= 15 is 0 Å². The summed E-state index contributed by atoms with van der Waals surface area (Å²) in [7, 11) is -3.77. The summed E-state index contributed by atoms with van der Waals surface area (Å²) >= 11 is 0. The number of aromatic nitrogens is 3. The number of pyridine rings is 1. The van der Waals surface area contributed by atoms with Gasteiger partial charge in [-0.15, -0.1) is 0 Å². The van der Waals surface area contributed by atoms with Crippen molar-refractivity contribution in [2.45, 2.75) is 17.9 Å². The van der Waals surface area contributed by atoms with Gasteiger partial charge in [-0.1, -0.05) is 0 Å². The first-order valence-corrected chi connectivity index (χ1v) is 8.40. The topological polar surface area (TPSA) is 86.5 Å². The average Bonchev–Trinajstić information content (AvgIpc) is 2.99. The van der Waals surface area contributed by atoms with Gasteiger partial charge in [0, 0.05) is 25.2 Å². The molecule has 0 spiro atoms. The third-order valence-corrected chi connectivity index (χ3v) is 5.46. The minimum Gasteiger partial charge on any atom is -0.489 e. The molecule has 4 rings (SSSR count). The molecule has 2 aliphatic heterocycles. The van der Waals surface area contributed by atoms with E-state index in [1.807, 2.05) is 0 Å². The third kappa shape index (κ3) is 1.92. The maximum Gasteiger partial charge on any atom is 0.271 e. The lowest BCUT2D eigenvalue weighted by Gasteiger charge is -2.29. The van der Waals surface area contributed by atoms with Crippen molar-refractivity contribution < 1.29 is 17.9 Å². The van der Waals surface area contributed by atoms with E-state index in [9.17, 15) is 8.42 Å². The quantitative estimate of drug-likeness (QED) is 0.807. The van der Waals surface area contributed by atoms with Crippen molar-refractivity contribution >= 4 is 15.7 Å². The Labute approximate surface area is 127 Å². The number of hydrogen-bond acceptors (Lipinski definition) is 6. The van der Waals surface area contributed by atoms with Gasteiger partial charge in [-0.25, -0.2) is 13.1 Å². The highest BCUT2D eigenvalue weighted by atomic mass is 32.2. The van der Waals surface area contributed by atoms with Crippen LogP contribution in [0.2, 0.25) is 0 Å². The summed E-state index contributed by atoms with van der Waals surface area (Å²) in [6, 6.07) is 1.65. The molecule has 0 fully saturated rings. The van der Waals surface area contributed by atoms with Crippen molar-refractivity contribution in [3.05, 3.63) is 24.7 Å². The monoisotopic (exact) mass is 322 g/mol. The van der Waals surface area contributed by atoms with Crippen molar-refractivity contribution in [3.8, 4) is 11.6 Å². The van der Waals surface area contributed by atoms with E-state index < -0.39 is 10.0 Å². The normalized spacial score (nSPS) is 17.2. The Morgan fingerprint density at radius 3 is 2.95 bits per heavy atom. The lowest BCUT2D eigenvalue weighted by atomic mass is 10.3. The van der Waals surface area contributed by atoms with Crippen LogP contribution in [0.4, 0.5) is 5.69 Å². The van der Waals surface area contributed by atoms with Crippen LogP contribution in [0.25, 0.3) is 0 Å². The van der Waals surface area contributed by atoms with Gasteiger partial charge in [0.15, 0.2) is 4.90 Å². The van der Waals surface area contributed by atoms with E-state index in [2.05, 4.69) is 10.1 Å². The summed E-state index contributed by atoms with van der Waals surface area (Å²) in [5, 5.41) is 4.11. The molecule has 0 amide bonds. The summed E-state index contributed by atoms with van der Waals surface area (Å²) in [5.41, 5.74) is 0.435. The summed E-state index contributed by atoms with van der Waals surface area (Å²) in [6.07, 6.45) is 5.22. The van der Waals surface area contributed by atoms with Crippen LogP contribution in [0.15, 0.2) is 29.6 Å². The largest absolute Gasteiger partial charge is 0.489 e. The zero-order valence-electron chi connectivity index (χ0n) is 11.7. The third-order valence-electron chi connectivity index (χ3n) is 3.66. The molecule has 0 aromatic carbocycles. The van der Waals surface area contributed by atoms with Gasteiger partial charge in [-0.3, -0.25) is 9.29 Å². The zero-order valence-corrected chi connectivity index (χ0v) is 12.5. The number of nitrogens with zero attached hydrogens (tertiary/aromatic N) is 4. The molecule has 0 unspecified atom stereocenters. The summed E-state index contributed by atoms with van der Waals surface area (Å²) in [5.74, 6) is 0.815. The van der Waals surface area contributed by atoms with Crippen LogP contribution in [0.5, 0.6) is 11.6 Å². The lowest BCUT2D eigenvalue weighted by Crippen LogP contribution is -2.38. The highest BCUT2D eigenvalue weighted by molar-refractivity contribution is 7.93. The molecule has 22 heavy (non-hydrogen) atoms. The zero-order chi connectivity index (χ0) is 15.2. The molecule has 4 heterocycles. The fourth-order valence-electron chi connectivity index (χ4n) is 2.63. The molecule has 0 N–H and O–H groups in total. The molecule has 0 radical (unpaired) electrons. The van der Waals surface area contributed by atoms with Gasteiger partial charge in [0.1, 0.15) is 18.0 Å². The van der Waals surface area contributed by atoms with Crippen molar-refractivity contribution in [2.75, 3.05) is 24.1 Å². The van der Waals surface area contributed by atoms with E-state index in [-0.39, 0.29) is 11.4 Å². The van der Waals surface area contributed by atoms with Gasteiger partial charge in [-0.05, 0) is 0 Å². The molecule has 2 aromatic rings.